The van der Waals surface area contributed by atoms with Crippen molar-refractivity contribution in [3.8, 4) is 6.07 Å². The van der Waals surface area contributed by atoms with E-state index in [9.17, 15) is 4.79 Å². The zero-order valence-corrected chi connectivity index (χ0v) is 7.04. The van der Waals surface area contributed by atoms with E-state index >= 15 is 0 Å². The molecule has 1 unspecified atom stereocenters. The van der Waals surface area contributed by atoms with Gasteiger partial charge in [-0.3, -0.25) is 9.63 Å². The molecule has 0 aliphatic heterocycles. The quantitative estimate of drug-likeness (QED) is 0.536. The van der Waals surface area contributed by atoms with Crippen LogP contribution in [0.2, 0.25) is 0 Å². The maximum atomic E-state index is 10.2. The minimum atomic E-state index is -0.533. The van der Waals surface area contributed by atoms with Crippen molar-refractivity contribution in [2.24, 2.45) is 5.73 Å². The van der Waals surface area contributed by atoms with E-state index in [1.54, 1.807) is 0 Å². The summed E-state index contributed by atoms with van der Waals surface area (Å²) in [6.07, 6.45) is 1.13. The lowest BCUT2D eigenvalue weighted by Gasteiger charge is -2.11. The molecule has 0 rings (SSSR count). The van der Waals surface area contributed by atoms with Crippen LogP contribution in [0.5, 0.6) is 0 Å². The molecule has 0 fully saturated rings. The Kier molecular flexibility index (Phi) is 5.97. The summed E-state index contributed by atoms with van der Waals surface area (Å²) in [5.74, 6) is -0.533. The predicted octanol–water partition coefficient (Wildman–Crippen LogP) is -0.315. The van der Waals surface area contributed by atoms with Gasteiger partial charge in [0.05, 0.1) is 12.5 Å². The largest absolute Gasteiger partial charge is 0.368 e. The number of carbonyl (C=O) groups is 1. The summed E-state index contributed by atoms with van der Waals surface area (Å²) >= 11 is 0. The third kappa shape index (κ3) is 5.65. The molecule has 1 amide bonds. The first kappa shape index (κ1) is 10.9. The zero-order valence-electron chi connectivity index (χ0n) is 7.04. The SMILES string of the molecule is CCC(CC#N)NOCC(N)=O. The van der Waals surface area contributed by atoms with Gasteiger partial charge in [-0.15, -0.1) is 0 Å². The molecule has 1 atom stereocenters. The minimum Gasteiger partial charge on any atom is -0.368 e. The molecule has 5 heteroatoms. The number of nitrogens with zero attached hydrogens (tertiary/aromatic N) is 1. The third-order valence-corrected chi connectivity index (χ3v) is 1.29. The molecule has 68 valence electrons. The molecule has 12 heavy (non-hydrogen) atoms. The van der Waals surface area contributed by atoms with Gasteiger partial charge in [-0.05, 0) is 6.42 Å². The standard InChI is InChI=1S/C7H13N3O2/c1-2-6(3-4-8)10-12-5-7(9)11/h6,10H,2-3,5H2,1H3,(H2,9,11). The normalized spacial score (nSPS) is 12.0. The summed E-state index contributed by atoms with van der Waals surface area (Å²) in [7, 11) is 0. The number of hydrogen-bond donors (Lipinski definition) is 2. The predicted molar refractivity (Wildman–Crippen MR) is 42.6 cm³/mol. The summed E-state index contributed by atoms with van der Waals surface area (Å²) in [5.41, 5.74) is 7.40. The average Bonchev–Trinajstić information content (AvgIpc) is 2.02. The lowest BCUT2D eigenvalue weighted by atomic mass is 10.2. The van der Waals surface area contributed by atoms with Crippen molar-refractivity contribution < 1.29 is 9.63 Å². The summed E-state index contributed by atoms with van der Waals surface area (Å²) < 4.78 is 0. The molecule has 5 nitrogen and oxygen atoms in total. The number of primary amides is 1. The second kappa shape index (κ2) is 6.58. The van der Waals surface area contributed by atoms with Crippen LogP contribution in [0.3, 0.4) is 0 Å². The van der Waals surface area contributed by atoms with E-state index in [1.165, 1.54) is 0 Å². The minimum absolute atomic E-state index is 0.0330. The molecule has 0 aliphatic rings. The van der Waals surface area contributed by atoms with E-state index < -0.39 is 5.91 Å². The molecule has 0 aromatic heterocycles. The second-order valence-corrected chi connectivity index (χ2v) is 2.34. The highest BCUT2D eigenvalue weighted by molar-refractivity contribution is 5.74. The van der Waals surface area contributed by atoms with Gasteiger partial charge in [0.2, 0.25) is 5.91 Å². The van der Waals surface area contributed by atoms with Gasteiger partial charge in [0.25, 0.3) is 0 Å². The van der Waals surface area contributed by atoms with Gasteiger partial charge < -0.3 is 5.73 Å². The Morgan fingerprint density at radius 1 is 1.83 bits per heavy atom. The number of amides is 1. The number of carbonyl (C=O) groups excluding carboxylic acids is 1. The lowest BCUT2D eigenvalue weighted by molar-refractivity contribution is -0.126. The van der Waals surface area contributed by atoms with Gasteiger partial charge >= 0.3 is 0 Å². The van der Waals surface area contributed by atoms with E-state index in [0.717, 1.165) is 6.42 Å². The van der Waals surface area contributed by atoms with Gasteiger partial charge in [0.15, 0.2) is 0 Å². The van der Waals surface area contributed by atoms with Crippen LogP contribution >= 0.6 is 0 Å². The van der Waals surface area contributed by atoms with Gasteiger partial charge in [0.1, 0.15) is 6.61 Å². The summed E-state index contributed by atoms with van der Waals surface area (Å²) in [6, 6.07) is 1.97. The number of nitriles is 1. The van der Waals surface area contributed by atoms with Crippen molar-refractivity contribution in [3.63, 3.8) is 0 Å². The van der Waals surface area contributed by atoms with E-state index in [1.807, 2.05) is 13.0 Å². The number of rotatable bonds is 6. The van der Waals surface area contributed by atoms with Crippen LogP contribution in [-0.2, 0) is 9.63 Å². The summed E-state index contributed by atoms with van der Waals surface area (Å²) in [6.45, 7) is 1.75. The smallest absolute Gasteiger partial charge is 0.245 e. The van der Waals surface area contributed by atoms with Gasteiger partial charge in [-0.1, -0.05) is 6.92 Å². The Morgan fingerprint density at radius 2 is 2.50 bits per heavy atom. The summed E-state index contributed by atoms with van der Waals surface area (Å²) in [5, 5.41) is 8.34. The van der Waals surface area contributed by atoms with Crippen molar-refractivity contribution >= 4 is 5.91 Å². The molecule has 0 radical (unpaired) electrons. The van der Waals surface area contributed by atoms with Crippen LogP contribution in [0.1, 0.15) is 19.8 Å². The number of hydrogen-bond acceptors (Lipinski definition) is 4. The number of hydroxylamine groups is 1. The topological polar surface area (TPSA) is 88.1 Å². The van der Waals surface area contributed by atoms with Crippen molar-refractivity contribution in [2.45, 2.75) is 25.8 Å². The second-order valence-electron chi connectivity index (χ2n) is 2.34. The van der Waals surface area contributed by atoms with Crippen LogP contribution in [-0.4, -0.2) is 18.6 Å². The molecule has 3 N–H and O–H groups in total. The average molecular weight is 171 g/mol. The van der Waals surface area contributed by atoms with E-state index in [-0.39, 0.29) is 12.6 Å². The van der Waals surface area contributed by atoms with Crippen LogP contribution in [0.15, 0.2) is 0 Å². The molecule has 0 aliphatic carbocycles. The highest BCUT2D eigenvalue weighted by atomic mass is 16.6. The molecular formula is C7H13N3O2. The highest BCUT2D eigenvalue weighted by Crippen LogP contribution is 1.94. The Balaban J connectivity index is 3.45. The third-order valence-electron chi connectivity index (χ3n) is 1.29. The Bertz CT molecular complexity index is 176. The Morgan fingerprint density at radius 3 is 2.92 bits per heavy atom. The first-order chi connectivity index (χ1) is 5.70. The van der Waals surface area contributed by atoms with Crippen molar-refractivity contribution in [2.75, 3.05) is 6.61 Å². The van der Waals surface area contributed by atoms with Crippen molar-refractivity contribution in [1.82, 2.24) is 5.48 Å². The van der Waals surface area contributed by atoms with Gasteiger partial charge in [0, 0.05) is 6.04 Å². The van der Waals surface area contributed by atoms with E-state index in [2.05, 4.69) is 5.48 Å². The van der Waals surface area contributed by atoms with Crippen LogP contribution < -0.4 is 11.2 Å². The maximum Gasteiger partial charge on any atom is 0.245 e. The molecule has 0 saturated heterocycles. The van der Waals surface area contributed by atoms with Crippen molar-refractivity contribution in [1.29, 1.82) is 5.26 Å². The lowest BCUT2D eigenvalue weighted by Crippen LogP contribution is -2.32. The van der Waals surface area contributed by atoms with Crippen LogP contribution in [0.25, 0.3) is 0 Å². The van der Waals surface area contributed by atoms with Gasteiger partial charge in [-0.25, -0.2) is 0 Å². The molecule has 0 heterocycles. The first-order valence-corrected chi connectivity index (χ1v) is 3.73. The Labute approximate surface area is 71.4 Å². The number of nitrogens with one attached hydrogen (secondary N) is 1. The van der Waals surface area contributed by atoms with Crippen molar-refractivity contribution in [3.05, 3.63) is 0 Å². The molecule has 0 saturated carbocycles. The molecule has 0 bridgehead atoms. The van der Waals surface area contributed by atoms with Crippen LogP contribution in [0.4, 0.5) is 0 Å². The summed E-state index contributed by atoms with van der Waals surface area (Å²) in [4.78, 5) is 14.9. The fourth-order valence-electron chi connectivity index (χ4n) is 0.610. The molecular weight excluding hydrogens is 158 g/mol. The zero-order chi connectivity index (χ0) is 9.40. The fraction of sp³-hybridized carbons (Fsp3) is 0.714. The first-order valence-electron chi connectivity index (χ1n) is 3.73. The van der Waals surface area contributed by atoms with E-state index in [0.29, 0.717) is 6.42 Å². The fourth-order valence-corrected chi connectivity index (χ4v) is 0.610. The van der Waals surface area contributed by atoms with Crippen LogP contribution in [0, 0.1) is 11.3 Å². The molecule has 0 aromatic rings. The Hall–Kier alpha value is -1.12. The molecule has 0 aromatic carbocycles. The van der Waals surface area contributed by atoms with E-state index in [4.69, 9.17) is 15.8 Å². The highest BCUT2D eigenvalue weighted by Gasteiger charge is 2.04. The monoisotopic (exact) mass is 171 g/mol. The number of nitrogens with two attached hydrogens (primary N) is 1. The molecule has 0 spiro atoms. The van der Waals surface area contributed by atoms with Gasteiger partial charge in [-0.2, -0.15) is 10.7 Å². The maximum absolute atomic E-state index is 10.2.